The number of hydrogen-bond acceptors (Lipinski definition) is 1. The predicted molar refractivity (Wildman–Crippen MR) is 77.8 cm³/mol. The van der Waals surface area contributed by atoms with Gasteiger partial charge in [0.15, 0.2) is 0 Å². The molecular formula is C15H25N. The minimum Gasteiger partial charge on any atom is -0.264 e. The second-order valence-corrected chi connectivity index (χ2v) is 2.61. The Labute approximate surface area is 101 Å². The van der Waals surface area contributed by atoms with E-state index in [4.69, 9.17) is 0 Å². The Hall–Kier alpha value is -1.37. The summed E-state index contributed by atoms with van der Waals surface area (Å²) in [5, 5.41) is 0. The van der Waals surface area contributed by atoms with Crippen LogP contribution < -0.4 is 0 Å². The number of rotatable bonds is 3. The van der Waals surface area contributed by atoms with Gasteiger partial charge in [0.2, 0.25) is 0 Å². The highest BCUT2D eigenvalue weighted by atomic mass is 14.7. The van der Waals surface area contributed by atoms with Gasteiger partial charge in [0.25, 0.3) is 0 Å². The van der Waals surface area contributed by atoms with E-state index in [1.807, 2.05) is 39.8 Å². The summed E-state index contributed by atoms with van der Waals surface area (Å²) < 4.78 is 0. The lowest BCUT2D eigenvalue weighted by molar-refractivity contribution is 1.14. The van der Waals surface area contributed by atoms with E-state index in [0.29, 0.717) is 0 Å². The molecule has 0 atom stereocenters. The van der Waals surface area contributed by atoms with Gasteiger partial charge in [-0.05, 0) is 30.3 Å². The van der Waals surface area contributed by atoms with Crippen LogP contribution in [0.25, 0.3) is 6.08 Å². The molecule has 0 spiro atoms. The fraction of sp³-hybridized carbons (Fsp3) is 0.400. The van der Waals surface area contributed by atoms with Gasteiger partial charge in [0.05, 0.1) is 5.69 Å². The van der Waals surface area contributed by atoms with Gasteiger partial charge in [-0.25, -0.2) is 0 Å². The van der Waals surface area contributed by atoms with Crippen LogP contribution in [0.4, 0.5) is 5.69 Å². The van der Waals surface area contributed by atoms with Gasteiger partial charge in [0, 0.05) is 0 Å². The molecule has 0 aliphatic rings. The van der Waals surface area contributed by atoms with Crippen molar-refractivity contribution in [2.24, 2.45) is 4.99 Å². The van der Waals surface area contributed by atoms with Crippen LogP contribution in [0, 0.1) is 0 Å². The van der Waals surface area contributed by atoms with Crippen molar-refractivity contribution in [3.05, 3.63) is 35.9 Å². The minimum absolute atomic E-state index is 0.921. The maximum absolute atomic E-state index is 3.93. The van der Waals surface area contributed by atoms with Crippen molar-refractivity contribution in [2.75, 3.05) is 0 Å². The molecule has 1 aromatic rings. The molecule has 0 saturated carbocycles. The van der Waals surface area contributed by atoms with Crippen molar-refractivity contribution in [1.82, 2.24) is 0 Å². The van der Waals surface area contributed by atoms with E-state index < -0.39 is 0 Å². The molecule has 0 N–H and O–H groups in total. The van der Waals surface area contributed by atoms with E-state index in [1.165, 1.54) is 5.56 Å². The van der Waals surface area contributed by atoms with Crippen LogP contribution in [-0.2, 0) is 6.42 Å². The third kappa shape index (κ3) is 5.50. The smallest absolute Gasteiger partial charge is 0.0697 e. The third-order valence-corrected chi connectivity index (χ3v) is 1.89. The summed E-state index contributed by atoms with van der Waals surface area (Å²) >= 11 is 0. The molecule has 1 aromatic carbocycles. The summed E-state index contributed by atoms with van der Waals surface area (Å²) in [4.78, 5) is 3.93. The Balaban J connectivity index is 0. The summed E-state index contributed by atoms with van der Waals surface area (Å²) in [6.45, 7) is 17.3. The lowest BCUT2D eigenvalue weighted by atomic mass is 10.1. The first kappa shape index (κ1) is 17.0. The first-order valence-corrected chi connectivity index (χ1v) is 6.04. The highest BCUT2D eigenvalue weighted by Gasteiger charge is 1.96. The highest BCUT2D eigenvalue weighted by molar-refractivity contribution is 5.65. The Morgan fingerprint density at radius 1 is 1.19 bits per heavy atom. The molecule has 16 heavy (non-hydrogen) atoms. The van der Waals surface area contributed by atoms with Gasteiger partial charge in [-0.2, -0.15) is 0 Å². The van der Waals surface area contributed by atoms with Crippen molar-refractivity contribution in [2.45, 2.75) is 41.0 Å². The fourth-order valence-electron chi connectivity index (χ4n) is 1.12. The van der Waals surface area contributed by atoms with Gasteiger partial charge in [0.1, 0.15) is 0 Å². The van der Waals surface area contributed by atoms with Gasteiger partial charge >= 0.3 is 0 Å². The van der Waals surface area contributed by atoms with Crippen LogP contribution in [0.3, 0.4) is 0 Å². The van der Waals surface area contributed by atoms with Crippen LogP contribution >= 0.6 is 0 Å². The van der Waals surface area contributed by atoms with Crippen LogP contribution in [0.2, 0.25) is 0 Å². The quantitative estimate of drug-likeness (QED) is 0.613. The molecule has 0 saturated heterocycles. The summed E-state index contributed by atoms with van der Waals surface area (Å²) in [5.41, 5.74) is 3.24. The minimum atomic E-state index is 0.921. The fourth-order valence-corrected chi connectivity index (χ4v) is 1.12. The van der Waals surface area contributed by atoms with Gasteiger partial charge in [-0.15, -0.1) is 0 Å². The first-order valence-electron chi connectivity index (χ1n) is 6.04. The molecule has 90 valence electrons. The zero-order valence-corrected chi connectivity index (χ0v) is 11.4. The average Bonchev–Trinajstić information content (AvgIpc) is 2.42. The summed E-state index contributed by atoms with van der Waals surface area (Å²) in [6.07, 6.45) is 2.82. The second-order valence-electron chi connectivity index (χ2n) is 2.61. The molecule has 1 rings (SSSR count). The molecule has 1 heteroatoms. The number of nitrogens with zero attached hydrogens (tertiary/aromatic N) is 1. The largest absolute Gasteiger partial charge is 0.264 e. The van der Waals surface area contributed by atoms with Crippen LogP contribution in [0.5, 0.6) is 0 Å². The molecule has 0 bridgehead atoms. The maximum Gasteiger partial charge on any atom is 0.0697 e. The highest BCUT2D eigenvalue weighted by Crippen LogP contribution is 2.21. The van der Waals surface area contributed by atoms with Gasteiger partial charge < -0.3 is 0 Å². The zero-order valence-electron chi connectivity index (χ0n) is 11.4. The van der Waals surface area contributed by atoms with Crippen molar-refractivity contribution in [3.8, 4) is 0 Å². The molecule has 0 aromatic heterocycles. The normalized spacial score (nSPS) is 7.81. The second kappa shape index (κ2) is 11.7. The third-order valence-electron chi connectivity index (χ3n) is 1.89. The average molecular weight is 219 g/mol. The van der Waals surface area contributed by atoms with Crippen LogP contribution in [0.15, 0.2) is 29.8 Å². The SMILES string of the molecule is C=Cc1ccc(CC)cc1N=C.CC.CC. The van der Waals surface area contributed by atoms with E-state index >= 15 is 0 Å². The van der Waals surface area contributed by atoms with E-state index in [-0.39, 0.29) is 0 Å². The van der Waals surface area contributed by atoms with E-state index in [2.05, 4.69) is 31.3 Å². The van der Waals surface area contributed by atoms with Crippen molar-refractivity contribution >= 4 is 18.5 Å². The monoisotopic (exact) mass is 219 g/mol. The molecule has 0 amide bonds. The Kier molecular flexibility index (Phi) is 12.5. The molecule has 0 unspecified atom stereocenters. The Bertz CT molecular complexity index is 300. The summed E-state index contributed by atoms with van der Waals surface area (Å²) in [5.74, 6) is 0. The zero-order chi connectivity index (χ0) is 13.0. The number of aliphatic imine (C=N–C) groups is 1. The van der Waals surface area contributed by atoms with Gasteiger partial charge in [-0.3, -0.25) is 4.99 Å². The predicted octanol–water partition coefficient (Wildman–Crippen LogP) is 5.28. The molecular weight excluding hydrogens is 194 g/mol. The summed E-state index contributed by atoms with van der Waals surface area (Å²) in [6, 6.07) is 6.16. The lowest BCUT2D eigenvalue weighted by Crippen LogP contribution is -1.80. The number of hydrogen-bond donors (Lipinski definition) is 0. The summed E-state index contributed by atoms with van der Waals surface area (Å²) in [7, 11) is 0. The topological polar surface area (TPSA) is 12.4 Å². The standard InChI is InChI=1S/C11H13N.2C2H6/c1-4-9-6-7-10(5-2)11(8-9)12-3;2*1-2/h5-8H,2-4H2,1H3;2*1-2H3. The van der Waals surface area contributed by atoms with Crippen LogP contribution in [0.1, 0.15) is 45.7 Å². The molecule has 0 aliphatic heterocycles. The molecule has 1 nitrogen and oxygen atoms in total. The number of aryl methyl sites for hydroxylation is 1. The van der Waals surface area contributed by atoms with Crippen molar-refractivity contribution < 1.29 is 0 Å². The molecule has 0 radical (unpaired) electrons. The first-order chi connectivity index (χ1) is 7.81. The van der Waals surface area contributed by atoms with Crippen molar-refractivity contribution in [3.63, 3.8) is 0 Å². The van der Waals surface area contributed by atoms with Gasteiger partial charge in [-0.1, -0.05) is 59.4 Å². The van der Waals surface area contributed by atoms with E-state index in [9.17, 15) is 0 Å². The molecule has 0 heterocycles. The molecule has 0 aliphatic carbocycles. The Morgan fingerprint density at radius 3 is 2.12 bits per heavy atom. The van der Waals surface area contributed by atoms with Crippen LogP contribution in [-0.4, -0.2) is 6.72 Å². The van der Waals surface area contributed by atoms with E-state index in [1.54, 1.807) is 6.08 Å². The Morgan fingerprint density at radius 2 is 1.75 bits per heavy atom. The van der Waals surface area contributed by atoms with Crippen molar-refractivity contribution in [1.29, 1.82) is 0 Å². The molecule has 0 fully saturated rings. The lowest BCUT2D eigenvalue weighted by Gasteiger charge is -2.02. The van der Waals surface area contributed by atoms with E-state index in [0.717, 1.165) is 17.7 Å². The maximum atomic E-state index is 3.93. The number of benzene rings is 1.